The Morgan fingerprint density at radius 3 is 2.39 bits per heavy atom. The van der Waals surface area contributed by atoms with Gasteiger partial charge in [0, 0.05) is 65.0 Å². The van der Waals surface area contributed by atoms with Gasteiger partial charge in [-0.15, -0.1) is 0 Å². The Hall–Kier alpha value is -2.94. The Balaban J connectivity index is 0.00000206. The molecule has 2 nitrogen and oxygen atoms in total. The van der Waals surface area contributed by atoms with E-state index < -0.39 is 0 Å². The Kier molecular flexibility index (Phi) is 5.09. The predicted octanol–water partition coefficient (Wildman–Crippen LogP) is 6.83. The third-order valence-corrected chi connectivity index (χ3v) is 7.45. The van der Waals surface area contributed by atoms with Crippen molar-refractivity contribution in [1.29, 1.82) is 0 Å². The van der Waals surface area contributed by atoms with Crippen LogP contribution in [0.15, 0.2) is 109 Å². The molecule has 4 atom stereocenters. The largest absolute Gasteiger partial charge is 0.384 e. The standard InChI is InChI=1S/C30H26N2.V/c1-2-8-20-16-23(14-13-19(20)7-1)31-28-12-6-5-9-24(28)22-15-21-17-27(21)29(18-22)32-30-25-10-3-4-11-26(25)30;/h1-16,18,21,25-27,30-32H,17H2;. The Bertz CT molecular complexity index is 1330. The molecule has 1 radical (unpaired) electrons. The quantitative estimate of drug-likeness (QED) is 0.432. The molecule has 161 valence electrons. The molecule has 0 saturated heterocycles. The minimum absolute atomic E-state index is 0. The second-order valence-electron chi connectivity index (χ2n) is 9.55. The molecule has 33 heavy (non-hydrogen) atoms. The molecular formula is C30H26N2V. The van der Waals surface area contributed by atoms with E-state index in [1.54, 1.807) is 0 Å². The van der Waals surface area contributed by atoms with Crippen LogP contribution in [-0.4, -0.2) is 6.04 Å². The number of para-hydroxylation sites is 1. The minimum atomic E-state index is 0. The Morgan fingerprint density at radius 2 is 1.55 bits per heavy atom. The van der Waals surface area contributed by atoms with Crippen LogP contribution >= 0.6 is 0 Å². The van der Waals surface area contributed by atoms with Gasteiger partial charge in [0.25, 0.3) is 0 Å². The van der Waals surface area contributed by atoms with Gasteiger partial charge in [0.1, 0.15) is 0 Å². The summed E-state index contributed by atoms with van der Waals surface area (Å²) in [6.07, 6.45) is 15.3. The van der Waals surface area contributed by atoms with Gasteiger partial charge in [-0.25, -0.2) is 0 Å². The van der Waals surface area contributed by atoms with Crippen LogP contribution < -0.4 is 10.6 Å². The van der Waals surface area contributed by atoms with Crippen LogP contribution in [0.25, 0.3) is 16.3 Å². The summed E-state index contributed by atoms with van der Waals surface area (Å²) >= 11 is 0. The monoisotopic (exact) mass is 465 g/mol. The van der Waals surface area contributed by atoms with Gasteiger partial charge in [0.2, 0.25) is 0 Å². The molecule has 3 heteroatoms. The summed E-state index contributed by atoms with van der Waals surface area (Å²) in [5.74, 6) is 2.72. The zero-order chi connectivity index (χ0) is 21.1. The van der Waals surface area contributed by atoms with E-state index in [4.69, 9.17) is 0 Å². The second kappa shape index (κ2) is 8.13. The van der Waals surface area contributed by atoms with Gasteiger partial charge in [0.15, 0.2) is 0 Å². The molecule has 0 heterocycles. The molecule has 4 unspecified atom stereocenters. The van der Waals surface area contributed by atoms with Crippen molar-refractivity contribution in [2.24, 2.45) is 23.7 Å². The number of nitrogens with one attached hydrogen (secondary N) is 2. The van der Waals surface area contributed by atoms with Crippen molar-refractivity contribution < 1.29 is 18.6 Å². The fraction of sp³-hybridized carbons (Fsp3) is 0.200. The third kappa shape index (κ3) is 3.78. The summed E-state index contributed by atoms with van der Waals surface area (Å²) in [5.41, 5.74) is 6.34. The summed E-state index contributed by atoms with van der Waals surface area (Å²) in [5, 5.41) is 10.1. The van der Waals surface area contributed by atoms with Crippen LogP contribution in [0.4, 0.5) is 11.4 Å². The molecular weight excluding hydrogens is 439 g/mol. The molecule has 3 aromatic carbocycles. The maximum Gasteiger partial charge on any atom is 0.0463 e. The van der Waals surface area contributed by atoms with Crippen LogP contribution in [0, 0.1) is 23.7 Å². The second-order valence-corrected chi connectivity index (χ2v) is 9.55. The van der Waals surface area contributed by atoms with E-state index in [2.05, 4.69) is 114 Å². The number of fused-ring (bicyclic) bond motifs is 3. The van der Waals surface area contributed by atoms with Crippen molar-refractivity contribution in [3.8, 4) is 0 Å². The van der Waals surface area contributed by atoms with Crippen molar-refractivity contribution in [3.05, 3.63) is 114 Å². The van der Waals surface area contributed by atoms with Gasteiger partial charge in [-0.1, -0.05) is 78.9 Å². The van der Waals surface area contributed by atoms with Crippen LogP contribution in [0.5, 0.6) is 0 Å². The molecule has 3 aromatic rings. The van der Waals surface area contributed by atoms with E-state index >= 15 is 0 Å². The van der Waals surface area contributed by atoms with Crippen LogP contribution in [0.3, 0.4) is 0 Å². The van der Waals surface area contributed by atoms with Gasteiger partial charge in [-0.2, -0.15) is 0 Å². The van der Waals surface area contributed by atoms with E-state index in [1.807, 2.05) is 0 Å². The van der Waals surface area contributed by atoms with Crippen molar-refractivity contribution in [1.82, 2.24) is 5.32 Å². The molecule has 0 spiro atoms. The van der Waals surface area contributed by atoms with Crippen molar-refractivity contribution in [2.75, 3.05) is 5.32 Å². The number of hydrogen-bond donors (Lipinski definition) is 2. The van der Waals surface area contributed by atoms with Gasteiger partial charge >= 0.3 is 0 Å². The van der Waals surface area contributed by atoms with E-state index in [1.165, 1.54) is 34.0 Å². The molecule has 7 rings (SSSR count). The first-order valence-corrected chi connectivity index (χ1v) is 11.7. The molecule has 2 N–H and O–H groups in total. The first-order valence-electron chi connectivity index (χ1n) is 11.7. The maximum absolute atomic E-state index is 3.91. The molecule has 2 saturated carbocycles. The summed E-state index contributed by atoms with van der Waals surface area (Å²) in [7, 11) is 0. The molecule has 0 aromatic heterocycles. The number of anilines is 2. The van der Waals surface area contributed by atoms with E-state index in [9.17, 15) is 0 Å². The van der Waals surface area contributed by atoms with Gasteiger partial charge in [0.05, 0.1) is 0 Å². The fourth-order valence-corrected chi connectivity index (χ4v) is 5.52. The number of benzene rings is 3. The zero-order valence-corrected chi connectivity index (χ0v) is 19.8. The number of rotatable bonds is 5. The van der Waals surface area contributed by atoms with Crippen LogP contribution in [0.2, 0.25) is 0 Å². The average Bonchev–Trinajstić information content (AvgIpc) is 3.75. The maximum atomic E-state index is 3.91. The minimum Gasteiger partial charge on any atom is -0.384 e. The first kappa shape index (κ1) is 20.7. The third-order valence-electron chi connectivity index (χ3n) is 7.45. The topological polar surface area (TPSA) is 24.1 Å². The smallest absolute Gasteiger partial charge is 0.0463 e. The molecule has 0 aliphatic heterocycles. The number of allylic oxidation sites excluding steroid dienone is 6. The SMILES string of the molecule is C1=CC2C(C=C1)C2NC1=CC(c2ccccc2Nc2ccc3ccccc3c2)=CC2CC12.[V]. The Morgan fingerprint density at radius 1 is 0.788 bits per heavy atom. The van der Waals surface area contributed by atoms with Gasteiger partial charge in [-0.3, -0.25) is 0 Å². The molecule has 0 bridgehead atoms. The van der Waals surface area contributed by atoms with Crippen LogP contribution in [-0.2, 0) is 18.6 Å². The molecule has 4 aliphatic carbocycles. The normalized spacial score (nSPS) is 28.1. The van der Waals surface area contributed by atoms with Crippen molar-refractivity contribution in [3.63, 3.8) is 0 Å². The molecule has 2 fully saturated rings. The zero-order valence-electron chi connectivity index (χ0n) is 18.4. The van der Waals surface area contributed by atoms with Crippen molar-refractivity contribution >= 4 is 27.7 Å². The van der Waals surface area contributed by atoms with Gasteiger partial charge < -0.3 is 10.6 Å². The van der Waals surface area contributed by atoms with Crippen LogP contribution in [0.1, 0.15) is 12.0 Å². The number of hydrogen-bond acceptors (Lipinski definition) is 2. The average molecular weight is 465 g/mol. The summed E-state index contributed by atoms with van der Waals surface area (Å²) < 4.78 is 0. The van der Waals surface area contributed by atoms with Gasteiger partial charge in [-0.05, 0) is 53.0 Å². The van der Waals surface area contributed by atoms with Crippen molar-refractivity contribution in [2.45, 2.75) is 12.5 Å². The summed E-state index contributed by atoms with van der Waals surface area (Å²) in [6, 6.07) is 24.4. The Labute approximate surface area is 207 Å². The molecule has 0 amide bonds. The fourth-order valence-electron chi connectivity index (χ4n) is 5.52. The predicted molar refractivity (Wildman–Crippen MR) is 134 cm³/mol. The van der Waals surface area contributed by atoms with E-state index in [0.29, 0.717) is 29.7 Å². The molecule has 4 aliphatic rings. The summed E-state index contributed by atoms with van der Waals surface area (Å²) in [4.78, 5) is 0. The summed E-state index contributed by atoms with van der Waals surface area (Å²) in [6.45, 7) is 0. The first-order chi connectivity index (χ1) is 15.8. The van der Waals surface area contributed by atoms with E-state index in [0.717, 1.165) is 11.4 Å². The van der Waals surface area contributed by atoms with E-state index in [-0.39, 0.29) is 18.6 Å².